The molecule has 3 fully saturated rings. The number of aromatic nitrogens is 8. The van der Waals surface area contributed by atoms with Crippen molar-refractivity contribution in [1.82, 2.24) is 40.1 Å². The number of ether oxygens (including phenoxy) is 2. The van der Waals surface area contributed by atoms with Gasteiger partial charge in [-0.05, 0) is 79.8 Å². The minimum atomic E-state index is -5.20. The molecule has 15 nitrogen and oxygen atoms in total. The monoisotopic (exact) mass is 907 g/mol. The summed E-state index contributed by atoms with van der Waals surface area (Å²) in [5, 5.41) is 31.6. The lowest BCUT2D eigenvalue weighted by Crippen LogP contribution is -2.44. The number of amides is 1. The SMILES string of the molecule is CC1COCCN1c1cc(C2(O)CC3CCC(C2)O3)c2cnn(-c3ccn[nH]3)c2n1.Nc1ccc(C#CCN(C(=O)Cc2ncc(C(F)(F)F)cc2C(F)(F)F)c2ccc(F)cc2)nn1. The van der Waals surface area contributed by atoms with Crippen molar-refractivity contribution in [2.24, 2.45) is 0 Å². The number of H-pyrrole nitrogens is 1. The van der Waals surface area contributed by atoms with E-state index in [2.05, 4.69) is 60.2 Å². The summed E-state index contributed by atoms with van der Waals surface area (Å²) in [6.45, 7) is 3.88. The number of nitrogens with zero attached hydrogens (tertiary/aromatic N) is 9. The minimum absolute atomic E-state index is 0.0922. The Hall–Kier alpha value is -6.70. The summed E-state index contributed by atoms with van der Waals surface area (Å²) in [7, 11) is 0. The average molecular weight is 908 g/mol. The number of aliphatic hydroxyl groups is 1. The number of nitrogens with one attached hydrogen (secondary N) is 1. The fraction of sp³-hybridized carbons (Fsp3) is 0.372. The predicted octanol–water partition coefficient (Wildman–Crippen LogP) is 6.16. The van der Waals surface area contributed by atoms with Crippen molar-refractivity contribution in [3.8, 4) is 17.7 Å². The van der Waals surface area contributed by atoms with Gasteiger partial charge in [-0.15, -0.1) is 10.2 Å². The van der Waals surface area contributed by atoms with E-state index < -0.39 is 52.9 Å². The van der Waals surface area contributed by atoms with Crippen LogP contribution in [0.2, 0.25) is 0 Å². The van der Waals surface area contributed by atoms with Crippen molar-refractivity contribution in [3.05, 3.63) is 107 Å². The summed E-state index contributed by atoms with van der Waals surface area (Å²) in [5.74, 6) is 5.33. The van der Waals surface area contributed by atoms with E-state index in [0.717, 1.165) is 64.7 Å². The van der Waals surface area contributed by atoms with Crippen LogP contribution in [-0.4, -0.2) is 95.7 Å². The van der Waals surface area contributed by atoms with Crippen LogP contribution >= 0.6 is 0 Å². The molecule has 0 saturated carbocycles. The van der Waals surface area contributed by atoms with Gasteiger partial charge < -0.3 is 30.1 Å². The third kappa shape index (κ3) is 10.0. The number of fused-ring (bicyclic) bond motifs is 3. The van der Waals surface area contributed by atoms with E-state index >= 15 is 0 Å². The van der Waals surface area contributed by atoms with Gasteiger partial charge in [-0.1, -0.05) is 5.92 Å². The average Bonchev–Trinajstić information content (AvgIpc) is 4.03. The number of nitrogen functional groups attached to an aromatic ring is 1. The third-order valence-electron chi connectivity index (χ3n) is 11.2. The maximum atomic E-state index is 13.4. The van der Waals surface area contributed by atoms with Crippen molar-refractivity contribution in [2.45, 2.75) is 75.2 Å². The van der Waals surface area contributed by atoms with Crippen molar-refractivity contribution in [1.29, 1.82) is 0 Å². The van der Waals surface area contributed by atoms with E-state index in [4.69, 9.17) is 20.2 Å². The summed E-state index contributed by atoms with van der Waals surface area (Å²) in [4.78, 5) is 24.4. The van der Waals surface area contributed by atoms with Crippen LogP contribution in [0.25, 0.3) is 16.9 Å². The molecule has 9 rings (SSSR count). The molecule has 1 aromatic carbocycles. The minimum Gasteiger partial charge on any atom is -0.385 e. The van der Waals surface area contributed by atoms with Crippen molar-refractivity contribution in [2.75, 3.05) is 41.8 Å². The highest BCUT2D eigenvalue weighted by molar-refractivity contribution is 5.95. The molecule has 3 aliphatic heterocycles. The molecule has 22 heteroatoms. The zero-order valence-corrected chi connectivity index (χ0v) is 34.4. The highest BCUT2D eigenvalue weighted by Gasteiger charge is 2.46. The molecule has 3 aliphatic rings. The van der Waals surface area contributed by atoms with E-state index in [0.29, 0.717) is 26.1 Å². The third-order valence-corrected chi connectivity index (χ3v) is 11.2. The van der Waals surface area contributed by atoms with Crippen LogP contribution in [0, 0.1) is 17.7 Å². The number of benzene rings is 1. The maximum absolute atomic E-state index is 13.4. The quantitative estimate of drug-likeness (QED) is 0.123. The predicted molar refractivity (Wildman–Crippen MR) is 220 cm³/mol. The Morgan fingerprint density at radius 3 is 2.42 bits per heavy atom. The molecule has 8 heterocycles. The van der Waals surface area contributed by atoms with E-state index in [-0.39, 0.29) is 54.3 Å². The summed E-state index contributed by atoms with van der Waals surface area (Å²) >= 11 is 0. The topological polar surface area (TPSA) is 186 Å². The molecule has 6 aromatic rings. The van der Waals surface area contributed by atoms with E-state index in [1.165, 1.54) is 24.3 Å². The highest BCUT2D eigenvalue weighted by atomic mass is 19.4. The number of rotatable bonds is 7. The Balaban J connectivity index is 0.000000179. The van der Waals surface area contributed by atoms with Crippen molar-refractivity contribution in [3.63, 3.8) is 0 Å². The second kappa shape index (κ2) is 18.1. The molecule has 2 bridgehead atoms. The number of hydrogen-bond donors (Lipinski definition) is 3. The highest BCUT2D eigenvalue weighted by Crippen LogP contribution is 2.46. The molecule has 65 heavy (non-hydrogen) atoms. The van der Waals surface area contributed by atoms with Crippen molar-refractivity contribution < 1.29 is 50.1 Å². The smallest absolute Gasteiger partial charge is 0.385 e. The van der Waals surface area contributed by atoms with Crippen LogP contribution in [0.1, 0.15) is 60.7 Å². The largest absolute Gasteiger partial charge is 0.418 e. The number of hydrogen-bond acceptors (Lipinski definition) is 12. The molecule has 0 spiro atoms. The van der Waals surface area contributed by atoms with Gasteiger partial charge in [-0.3, -0.25) is 14.9 Å². The van der Waals surface area contributed by atoms with Crippen molar-refractivity contribution >= 4 is 34.3 Å². The fourth-order valence-corrected chi connectivity index (χ4v) is 8.10. The molecule has 1 amide bonds. The maximum Gasteiger partial charge on any atom is 0.418 e. The summed E-state index contributed by atoms with van der Waals surface area (Å²) in [6, 6.07) is 11.3. The Morgan fingerprint density at radius 2 is 1.77 bits per heavy atom. The first-order valence-corrected chi connectivity index (χ1v) is 20.3. The van der Waals surface area contributed by atoms with Crippen LogP contribution in [-0.2, 0) is 38.6 Å². The first-order chi connectivity index (χ1) is 30.9. The van der Waals surface area contributed by atoms with E-state index in [9.17, 15) is 40.6 Å². The number of aromatic amines is 1. The van der Waals surface area contributed by atoms with Crippen LogP contribution in [0.3, 0.4) is 0 Å². The molecule has 4 N–H and O–H groups in total. The second-order valence-corrected chi connectivity index (χ2v) is 15.8. The van der Waals surface area contributed by atoms with Gasteiger partial charge in [-0.25, -0.2) is 9.37 Å². The normalized spacial score (nSPS) is 20.8. The lowest BCUT2D eigenvalue weighted by Gasteiger charge is -2.39. The van der Waals surface area contributed by atoms with Crippen LogP contribution < -0.4 is 15.5 Å². The second-order valence-electron chi connectivity index (χ2n) is 15.8. The summed E-state index contributed by atoms with van der Waals surface area (Å²) in [6.07, 6.45) is -4.05. The van der Waals surface area contributed by atoms with Gasteiger partial charge in [0.05, 0.1) is 79.2 Å². The Labute approximate surface area is 365 Å². The number of carbonyl (C=O) groups excluding carboxylic acids is 1. The van der Waals surface area contributed by atoms with Gasteiger partial charge in [0.2, 0.25) is 5.91 Å². The standard InChI is InChI=1S/C22H14F7N5O.C21H26N6O3/c23-14-3-6-16(7-4-14)34(9-1-2-15-5-8-19(30)33-32-15)20(35)11-18-17(22(27,28)29)10-13(12-31-18)21(24,25)26;1-13-12-29-7-6-26(13)19-8-17(21(28)9-14-2-3-15(10-21)30-14)16-11-23-27(20(16)24-19)18-4-5-22-25-18/h3-8,10,12H,9,11H2,(H2,30,33);4-5,8,11,13-15,28H,2-3,6-7,9-10,12H2,1H3,(H,22,25). The lowest BCUT2D eigenvalue weighted by atomic mass is 9.82. The number of alkyl halides is 6. The molecule has 340 valence electrons. The Bertz CT molecular complexity index is 2690. The summed E-state index contributed by atoms with van der Waals surface area (Å²) < 4.78 is 106. The van der Waals surface area contributed by atoms with Crippen LogP contribution in [0.4, 0.5) is 48.1 Å². The molecule has 3 unspecified atom stereocenters. The zero-order chi connectivity index (χ0) is 46.1. The number of carbonyl (C=O) groups is 1. The summed E-state index contributed by atoms with van der Waals surface area (Å²) in [5.41, 5.74) is 2.18. The van der Waals surface area contributed by atoms with E-state index in [1.807, 2.05) is 6.07 Å². The molecule has 3 atom stereocenters. The Morgan fingerprint density at radius 1 is 1.02 bits per heavy atom. The number of nitrogens with two attached hydrogens (primary N) is 1. The molecular formula is C43H40F7N11O4. The van der Waals surface area contributed by atoms with Crippen LogP contribution in [0.15, 0.2) is 73.2 Å². The van der Waals surface area contributed by atoms with Gasteiger partial charge in [0.25, 0.3) is 0 Å². The number of halogens is 7. The van der Waals surface area contributed by atoms with E-state index in [1.54, 1.807) is 17.1 Å². The van der Waals surface area contributed by atoms with Gasteiger partial charge in [0.15, 0.2) is 11.5 Å². The molecule has 5 aromatic heterocycles. The molecule has 3 saturated heterocycles. The van der Waals surface area contributed by atoms with Gasteiger partial charge in [0, 0.05) is 42.7 Å². The molecule has 0 radical (unpaired) electrons. The number of pyridine rings is 2. The van der Waals surface area contributed by atoms with Gasteiger partial charge in [0.1, 0.15) is 23.1 Å². The Kier molecular flexibility index (Phi) is 12.5. The number of anilines is 3. The first-order valence-electron chi connectivity index (χ1n) is 20.3. The van der Waals surface area contributed by atoms with Crippen LogP contribution in [0.5, 0.6) is 0 Å². The zero-order valence-electron chi connectivity index (χ0n) is 34.4. The van der Waals surface area contributed by atoms with Gasteiger partial charge >= 0.3 is 12.4 Å². The van der Waals surface area contributed by atoms with Gasteiger partial charge in [-0.2, -0.15) is 41.2 Å². The molecular weight excluding hydrogens is 868 g/mol. The number of morpholine rings is 1. The molecule has 0 aliphatic carbocycles. The lowest BCUT2D eigenvalue weighted by molar-refractivity contribution is -0.144. The first kappa shape index (κ1) is 44.9. The fourth-order valence-electron chi connectivity index (χ4n) is 8.10.